The minimum absolute atomic E-state index is 0.0847. The first-order valence-electron chi connectivity index (χ1n) is 5.24. The number of nitrogens with one attached hydrogen (secondary N) is 1. The summed E-state index contributed by atoms with van der Waals surface area (Å²) in [6, 6.07) is 0.474. The summed E-state index contributed by atoms with van der Waals surface area (Å²) >= 11 is 0.990. The maximum Gasteiger partial charge on any atom is 0.338 e. The molecule has 1 aromatic heterocycles. The molecule has 0 spiro atoms. The number of carboxylic acids is 1. The van der Waals surface area contributed by atoms with Gasteiger partial charge in [-0.1, -0.05) is 0 Å². The summed E-state index contributed by atoms with van der Waals surface area (Å²) in [5.41, 5.74) is 9.81. The zero-order valence-corrected chi connectivity index (χ0v) is 11.0. The molecular weight excluding hydrogens is 288 g/mol. The van der Waals surface area contributed by atoms with E-state index in [9.17, 15) is 19.2 Å². The molecule has 0 saturated carbocycles. The van der Waals surface area contributed by atoms with Crippen LogP contribution in [0.3, 0.4) is 0 Å². The number of rotatable bonds is 6. The van der Waals surface area contributed by atoms with E-state index in [-0.39, 0.29) is 10.6 Å². The fourth-order valence-corrected chi connectivity index (χ4v) is 2.10. The Morgan fingerprint density at radius 2 is 1.75 bits per heavy atom. The van der Waals surface area contributed by atoms with Crippen LogP contribution in [0.25, 0.3) is 0 Å². The molecule has 0 aliphatic heterocycles. The highest BCUT2D eigenvalue weighted by Crippen LogP contribution is 2.23. The molecule has 0 aromatic carbocycles. The van der Waals surface area contributed by atoms with Crippen molar-refractivity contribution < 1.29 is 24.3 Å². The average molecular weight is 300 g/mol. The third kappa shape index (κ3) is 4.24. The van der Waals surface area contributed by atoms with Crippen LogP contribution in [0.1, 0.15) is 10.4 Å². The monoisotopic (exact) mass is 300 g/mol. The van der Waals surface area contributed by atoms with Gasteiger partial charge in [0.1, 0.15) is 18.1 Å². The quantitative estimate of drug-likeness (QED) is 0.544. The smallest absolute Gasteiger partial charge is 0.338 e. The van der Waals surface area contributed by atoms with Crippen molar-refractivity contribution in [1.82, 2.24) is 4.90 Å². The number of nitrogens with zero attached hydrogens (tertiary/aromatic N) is 1. The zero-order chi connectivity index (χ0) is 15.3. The van der Waals surface area contributed by atoms with Crippen molar-refractivity contribution in [3.05, 3.63) is 17.0 Å². The van der Waals surface area contributed by atoms with Crippen LogP contribution in [0.4, 0.5) is 9.80 Å². The van der Waals surface area contributed by atoms with Crippen molar-refractivity contribution in [1.29, 1.82) is 0 Å². The predicted molar refractivity (Wildman–Crippen MR) is 70.3 cm³/mol. The summed E-state index contributed by atoms with van der Waals surface area (Å²) in [6.45, 7) is -1.02. The van der Waals surface area contributed by atoms with E-state index in [0.717, 1.165) is 16.2 Å². The normalized spacial score (nSPS) is 9.80. The second-order valence-corrected chi connectivity index (χ2v) is 4.60. The molecule has 1 rings (SSSR count). The number of amides is 4. The lowest BCUT2D eigenvalue weighted by atomic mass is 10.3. The van der Waals surface area contributed by atoms with E-state index in [2.05, 4.69) is 5.32 Å². The van der Waals surface area contributed by atoms with Gasteiger partial charge in [-0.3, -0.25) is 14.9 Å². The van der Waals surface area contributed by atoms with Gasteiger partial charge in [-0.2, -0.15) is 0 Å². The van der Waals surface area contributed by atoms with Gasteiger partial charge in [-0.05, 0) is 11.4 Å². The van der Waals surface area contributed by atoms with Crippen molar-refractivity contribution in [3.63, 3.8) is 0 Å². The Hall–Kier alpha value is -2.62. The van der Waals surface area contributed by atoms with Crippen molar-refractivity contribution >= 4 is 40.2 Å². The van der Waals surface area contributed by atoms with Gasteiger partial charge >= 0.3 is 12.0 Å². The maximum absolute atomic E-state index is 11.9. The third-order valence-electron chi connectivity index (χ3n) is 2.10. The fourth-order valence-electron chi connectivity index (χ4n) is 1.33. The van der Waals surface area contributed by atoms with Crippen LogP contribution in [-0.4, -0.2) is 46.9 Å². The Kier molecular flexibility index (Phi) is 5.03. The van der Waals surface area contributed by atoms with Gasteiger partial charge in [0, 0.05) is 0 Å². The number of hydrogen-bond acceptors (Lipinski definition) is 5. The van der Waals surface area contributed by atoms with E-state index in [1.54, 1.807) is 0 Å². The number of urea groups is 1. The zero-order valence-electron chi connectivity index (χ0n) is 10.2. The number of carboxylic acid groups (broad SMARTS) is 1. The molecule has 1 aromatic rings. The molecule has 0 radical (unpaired) electrons. The molecule has 0 aliphatic carbocycles. The standard InChI is InChI=1S/C10H12N4O5S/c11-6(15)3-14(4-7(12)16)10(19)13-8-5(9(17)18)1-2-20-8/h1-2H,3-4H2,(H2,11,15)(H2,12,16)(H,13,19)(H,17,18). The summed E-state index contributed by atoms with van der Waals surface area (Å²) in [6.07, 6.45) is 0. The topological polar surface area (TPSA) is 156 Å². The first-order chi connectivity index (χ1) is 9.31. The molecule has 108 valence electrons. The van der Waals surface area contributed by atoms with E-state index in [0.29, 0.717) is 0 Å². The molecule has 0 atom stereocenters. The summed E-state index contributed by atoms with van der Waals surface area (Å²) in [5.74, 6) is -2.87. The molecule has 0 fully saturated rings. The largest absolute Gasteiger partial charge is 0.478 e. The van der Waals surface area contributed by atoms with E-state index >= 15 is 0 Å². The number of anilines is 1. The minimum atomic E-state index is -1.21. The Balaban J connectivity index is 2.84. The molecule has 9 nitrogen and oxygen atoms in total. The van der Waals surface area contributed by atoms with E-state index in [1.165, 1.54) is 11.4 Å². The number of hydrogen-bond donors (Lipinski definition) is 4. The highest BCUT2D eigenvalue weighted by molar-refractivity contribution is 7.14. The molecule has 0 aliphatic rings. The first-order valence-corrected chi connectivity index (χ1v) is 6.12. The maximum atomic E-state index is 11.9. The second kappa shape index (κ2) is 6.52. The lowest BCUT2D eigenvalue weighted by Crippen LogP contribution is -2.45. The summed E-state index contributed by atoms with van der Waals surface area (Å²) in [4.78, 5) is 45.2. The van der Waals surface area contributed by atoms with Crippen LogP contribution in [0.2, 0.25) is 0 Å². The molecule has 1 heterocycles. The van der Waals surface area contributed by atoms with Gasteiger partial charge in [0.2, 0.25) is 11.8 Å². The first kappa shape index (κ1) is 15.4. The van der Waals surface area contributed by atoms with E-state index < -0.39 is 36.9 Å². The molecule has 0 saturated heterocycles. The van der Waals surface area contributed by atoms with Gasteiger partial charge in [0.05, 0.1) is 5.56 Å². The molecule has 4 amide bonds. The van der Waals surface area contributed by atoms with Gasteiger partial charge in [0.25, 0.3) is 0 Å². The molecule has 6 N–H and O–H groups in total. The molecular formula is C10H12N4O5S. The van der Waals surface area contributed by atoms with E-state index in [4.69, 9.17) is 16.6 Å². The summed E-state index contributed by atoms with van der Waals surface area (Å²) in [7, 11) is 0. The Bertz CT molecular complexity index is 540. The predicted octanol–water partition coefficient (Wildman–Crippen LogP) is -0.749. The number of aromatic carboxylic acids is 1. The third-order valence-corrected chi connectivity index (χ3v) is 2.93. The van der Waals surface area contributed by atoms with Crippen molar-refractivity contribution in [3.8, 4) is 0 Å². The number of thiophene rings is 1. The van der Waals surface area contributed by atoms with Gasteiger partial charge in [0.15, 0.2) is 0 Å². The van der Waals surface area contributed by atoms with Crippen LogP contribution in [0, 0.1) is 0 Å². The molecule has 10 heteroatoms. The van der Waals surface area contributed by atoms with E-state index in [1.807, 2.05) is 0 Å². The van der Waals surface area contributed by atoms with Crippen LogP contribution in [-0.2, 0) is 9.59 Å². The van der Waals surface area contributed by atoms with Gasteiger partial charge in [-0.25, -0.2) is 9.59 Å². The number of carbonyl (C=O) groups is 4. The summed E-state index contributed by atoms with van der Waals surface area (Å²) < 4.78 is 0. The lowest BCUT2D eigenvalue weighted by Gasteiger charge is -2.19. The van der Waals surface area contributed by atoms with Crippen LogP contribution < -0.4 is 16.8 Å². The second-order valence-electron chi connectivity index (χ2n) is 3.69. The van der Waals surface area contributed by atoms with Crippen LogP contribution in [0.5, 0.6) is 0 Å². The Morgan fingerprint density at radius 3 is 2.20 bits per heavy atom. The van der Waals surface area contributed by atoms with Gasteiger partial charge in [-0.15, -0.1) is 11.3 Å². The fraction of sp³-hybridized carbons (Fsp3) is 0.200. The molecule has 0 unspecified atom stereocenters. The van der Waals surface area contributed by atoms with Crippen molar-refractivity contribution in [2.45, 2.75) is 0 Å². The Morgan fingerprint density at radius 1 is 1.20 bits per heavy atom. The SMILES string of the molecule is NC(=O)CN(CC(N)=O)C(=O)Nc1sccc1C(=O)O. The molecule has 0 bridgehead atoms. The van der Waals surface area contributed by atoms with Crippen molar-refractivity contribution in [2.24, 2.45) is 11.5 Å². The highest BCUT2D eigenvalue weighted by atomic mass is 32.1. The van der Waals surface area contributed by atoms with Gasteiger partial charge < -0.3 is 21.5 Å². The highest BCUT2D eigenvalue weighted by Gasteiger charge is 2.21. The minimum Gasteiger partial charge on any atom is -0.478 e. The summed E-state index contributed by atoms with van der Waals surface area (Å²) in [5, 5.41) is 12.7. The number of nitrogens with two attached hydrogens (primary N) is 2. The number of primary amides is 2. The molecule has 20 heavy (non-hydrogen) atoms. The Labute approximate surface area is 117 Å². The average Bonchev–Trinajstić information content (AvgIpc) is 2.74. The van der Waals surface area contributed by atoms with Crippen molar-refractivity contribution in [2.75, 3.05) is 18.4 Å². The number of carbonyl (C=O) groups excluding carboxylic acids is 3. The van der Waals surface area contributed by atoms with Crippen LogP contribution in [0.15, 0.2) is 11.4 Å². The lowest BCUT2D eigenvalue weighted by molar-refractivity contribution is -0.120. The van der Waals surface area contributed by atoms with Crippen LogP contribution >= 0.6 is 11.3 Å².